The lowest BCUT2D eigenvalue weighted by atomic mass is 10.3. The molecule has 0 aromatic carbocycles. The Bertz CT molecular complexity index is 549. The molecule has 0 fully saturated rings. The van der Waals surface area contributed by atoms with Crippen LogP contribution in [0, 0.1) is 0 Å². The lowest BCUT2D eigenvalue weighted by Gasteiger charge is -2.09. The Balaban J connectivity index is 1.93. The number of aromatic nitrogens is 3. The van der Waals surface area contributed by atoms with E-state index in [9.17, 15) is 13.2 Å². The number of nitrogens with zero attached hydrogens (tertiary/aromatic N) is 3. The zero-order chi connectivity index (χ0) is 13.9. The van der Waals surface area contributed by atoms with Crippen molar-refractivity contribution in [2.75, 3.05) is 17.6 Å². The van der Waals surface area contributed by atoms with Crippen LogP contribution in [0.2, 0.25) is 0 Å². The van der Waals surface area contributed by atoms with Crippen molar-refractivity contribution in [3.63, 3.8) is 0 Å². The minimum atomic E-state index is -4.44. The molecule has 2 aromatic rings. The molecule has 0 atom stereocenters. The quantitative estimate of drug-likeness (QED) is 0.892. The third kappa shape index (κ3) is 3.60. The van der Waals surface area contributed by atoms with Gasteiger partial charge in [-0.05, 0) is 12.1 Å². The van der Waals surface area contributed by atoms with Gasteiger partial charge < -0.3 is 11.1 Å². The first kappa shape index (κ1) is 13.2. The van der Waals surface area contributed by atoms with Gasteiger partial charge >= 0.3 is 6.18 Å². The van der Waals surface area contributed by atoms with Crippen LogP contribution in [-0.4, -0.2) is 21.3 Å². The summed E-state index contributed by atoms with van der Waals surface area (Å²) in [6, 6.07) is 3.72. The molecule has 2 aromatic heterocycles. The molecule has 2 rings (SSSR count). The maximum Gasteiger partial charge on any atom is 0.433 e. The second-order valence-corrected chi connectivity index (χ2v) is 3.87. The SMILES string of the molecule is Nc1cnn(CCNc2cccc(C(F)(F)F)n2)c1. The molecule has 19 heavy (non-hydrogen) atoms. The van der Waals surface area contributed by atoms with Crippen LogP contribution < -0.4 is 11.1 Å². The van der Waals surface area contributed by atoms with Crippen molar-refractivity contribution in [2.45, 2.75) is 12.7 Å². The van der Waals surface area contributed by atoms with E-state index in [1.54, 1.807) is 10.9 Å². The van der Waals surface area contributed by atoms with Gasteiger partial charge in [0.15, 0.2) is 0 Å². The van der Waals surface area contributed by atoms with Crippen molar-refractivity contribution in [3.8, 4) is 0 Å². The van der Waals surface area contributed by atoms with E-state index in [0.29, 0.717) is 18.8 Å². The van der Waals surface area contributed by atoms with Crippen LogP contribution in [0.25, 0.3) is 0 Å². The summed E-state index contributed by atoms with van der Waals surface area (Å²) >= 11 is 0. The standard InChI is InChI=1S/C11H12F3N5/c12-11(13,14)9-2-1-3-10(18-9)16-4-5-19-7-8(15)6-17-19/h1-3,6-7H,4-5,15H2,(H,16,18). The van der Waals surface area contributed by atoms with Gasteiger partial charge in [0.25, 0.3) is 0 Å². The van der Waals surface area contributed by atoms with E-state index in [0.717, 1.165) is 6.07 Å². The van der Waals surface area contributed by atoms with Crippen molar-refractivity contribution in [3.05, 3.63) is 36.3 Å². The van der Waals surface area contributed by atoms with Crippen molar-refractivity contribution in [1.82, 2.24) is 14.8 Å². The number of halogens is 3. The Kier molecular flexibility index (Phi) is 3.59. The molecule has 0 aliphatic carbocycles. The Morgan fingerprint density at radius 1 is 1.32 bits per heavy atom. The van der Waals surface area contributed by atoms with Crippen molar-refractivity contribution in [2.24, 2.45) is 0 Å². The van der Waals surface area contributed by atoms with E-state index in [2.05, 4.69) is 15.4 Å². The molecule has 0 bridgehead atoms. The van der Waals surface area contributed by atoms with Gasteiger partial charge in [0.05, 0.1) is 18.4 Å². The van der Waals surface area contributed by atoms with E-state index in [1.807, 2.05) is 0 Å². The lowest BCUT2D eigenvalue weighted by Crippen LogP contribution is -2.14. The van der Waals surface area contributed by atoms with E-state index in [-0.39, 0.29) is 5.82 Å². The highest BCUT2D eigenvalue weighted by Gasteiger charge is 2.32. The number of hydrogen-bond donors (Lipinski definition) is 2. The Hall–Kier alpha value is -2.25. The summed E-state index contributed by atoms with van der Waals surface area (Å²) in [5.74, 6) is 0.176. The zero-order valence-electron chi connectivity index (χ0n) is 9.85. The third-order valence-electron chi connectivity index (χ3n) is 2.34. The topological polar surface area (TPSA) is 68.8 Å². The van der Waals surface area contributed by atoms with Gasteiger partial charge in [-0.25, -0.2) is 4.98 Å². The maximum absolute atomic E-state index is 12.4. The van der Waals surface area contributed by atoms with Gasteiger partial charge in [-0.3, -0.25) is 4.68 Å². The van der Waals surface area contributed by atoms with Crippen molar-refractivity contribution in [1.29, 1.82) is 0 Å². The van der Waals surface area contributed by atoms with Crippen LogP contribution in [-0.2, 0) is 12.7 Å². The summed E-state index contributed by atoms with van der Waals surface area (Å²) in [7, 11) is 0. The Labute approximate surface area is 107 Å². The van der Waals surface area contributed by atoms with E-state index < -0.39 is 11.9 Å². The number of nitrogen functional groups attached to an aromatic ring is 1. The minimum absolute atomic E-state index is 0.176. The van der Waals surface area contributed by atoms with Crippen LogP contribution in [0.3, 0.4) is 0 Å². The average molecular weight is 271 g/mol. The molecule has 0 spiro atoms. The van der Waals surface area contributed by atoms with Crippen LogP contribution in [0.4, 0.5) is 24.7 Å². The fourth-order valence-electron chi connectivity index (χ4n) is 1.49. The largest absolute Gasteiger partial charge is 0.433 e. The minimum Gasteiger partial charge on any atom is -0.396 e. The molecule has 0 aliphatic heterocycles. The van der Waals surface area contributed by atoms with E-state index in [4.69, 9.17) is 5.73 Å². The average Bonchev–Trinajstić information content (AvgIpc) is 2.74. The second-order valence-electron chi connectivity index (χ2n) is 3.87. The van der Waals surface area contributed by atoms with Crippen molar-refractivity contribution < 1.29 is 13.2 Å². The van der Waals surface area contributed by atoms with Crippen LogP contribution >= 0.6 is 0 Å². The summed E-state index contributed by atoms with van der Waals surface area (Å²) in [5.41, 5.74) is 5.11. The molecule has 0 saturated heterocycles. The molecule has 0 aliphatic rings. The molecule has 102 valence electrons. The monoisotopic (exact) mass is 271 g/mol. The molecule has 5 nitrogen and oxygen atoms in total. The predicted molar refractivity (Wildman–Crippen MR) is 64.4 cm³/mol. The maximum atomic E-state index is 12.4. The molecule has 0 saturated carbocycles. The van der Waals surface area contributed by atoms with Crippen LogP contribution in [0.5, 0.6) is 0 Å². The number of nitrogens with two attached hydrogens (primary N) is 1. The number of pyridine rings is 1. The smallest absolute Gasteiger partial charge is 0.396 e. The summed E-state index contributed by atoms with van der Waals surface area (Å²) in [4.78, 5) is 3.49. The van der Waals surface area contributed by atoms with Gasteiger partial charge in [-0.2, -0.15) is 18.3 Å². The Morgan fingerprint density at radius 3 is 2.74 bits per heavy atom. The number of nitrogens with one attached hydrogen (secondary N) is 1. The fourth-order valence-corrected chi connectivity index (χ4v) is 1.49. The number of anilines is 2. The number of rotatable bonds is 4. The van der Waals surface area contributed by atoms with Crippen LogP contribution in [0.1, 0.15) is 5.69 Å². The summed E-state index contributed by atoms with van der Waals surface area (Å²) < 4.78 is 38.9. The molecule has 0 amide bonds. The first-order valence-electron chi connectivity index (χ1n) is 5.51. The van der Waals surface area contributed by atoms with Crippen LogP contribution in [0.15, 0.2) is 30.6 Å². The Morgan fingerprint density at radius 2 is 2.11 bits per heavy atom. The predicted octanol–water partition coefficient (Wildman–Crippen LogP) is 1.99. The van der Waals surface area contributed by atoms with E-state index >= 15 is 0 Å². The molecule has 0 radical (unpaired) electrons. The van der Waals surface area contributed by atoms with Gasteiger partial charge in [0, 0.05) is 12.7 Å². The summed E-state index contributed by atoms with van der Waals surface area (Å²) in [6.07, 6.45) is -1.29. The molecular weight excluding hydrogens is 259 g/mol. The summed E-state index contributed by atoms with van der Waals surface area (Å²) in [6.45, 7) is 0.880. The van der Waals surface area contributed by atoms with E-state index in [1.165, 1.54) is 18.3 Å². The summed E-state index contributed by atoms with van der Waals surface area (Å²) in [5, 5.41) is 6.76. The van der Waals surface area contributed by atoms with Gasteiger partial charge in [-0.15, -0.1) is 0 Å². The molecular formula is C11H12F3N5. The molecule has 3 N–H and O–H groups in total. The molecule has 8 heteroatoms. The lowest BCUT2D eigenvalue weighted by molar-refractivity contribution is -0.141. The number of hydrogen-bond acceptors (Lipinski definition) is 4. The third-order valence-corrected chi connectivity index (χ3v) is 2.34. The highest BCUT2D eigenvalue weighted by molar-refractivity contribution is 5.36. The van der Waals surface area contributed by atoms with Gasteiger partial charge in [0.1, 0.15) is 11.5 Å². The highest BCUT2D eigenvalue weighted by atomic mass is 19.4. The van der Waals surface area contributed by atoms with Crippen molar-refractivity contribution >= 4 is 11.5 Å². The fraction of sp³-hybridized carbons (Fsp3) is 0.273. The molecule has 2 heterocycles. The van der Waals surface area contributed by atoms with Gasteiger partial charge in [-0.1, -0.05) is 6.07 Å². The second kappa shape index (κ2) is 5.17. The highest BCUT2D eigenvalue weighted by Crippen LogP contribution is 2.27. The molecule has 0 unspecified atom stereocenters. The normalized spacial score (nSPS) is 11.5. The number of alkyl halides is 3. The first-order chi connectivity index (χ1) is 8.95. The first-order valence-corrected chi connectivity index (χ1v) is 5.51. The van der Waals surface area contributed by atoms with Gasteiger partial charge in [0.2, 0.25) is 0 Å². The zero-order valence-corrected chi connectivity index (χ0v) is 9.85.